The quantitative estimate of drug-likeness (QED) is 0.626. The van der Waals surface area contributed by atoms with Gasteiger partial charge in [-0.1, -0.05) is 6.58 Å². The lowest BCUT2D eigenvalue weighted by atomic mass is 10.2. The van der Waals surface area contributed by atoms with Gasteiger partial charge in [-0.2, -0.15) is 0 Å². The summed E-state index contributed by atoms with van der Waals surface area (Å²) < 4.78 is 0. The number of hydrogen-bond acceptors (Lipinski definition) is 2. The molecule has 0 saturated heterocycles. The zero-order valence-corrected chi connectivity index (χ0v) is 7.96. The van der Waals surface area contributed by atoms with Crippen LogP contribution in [0.3, 0.4) is 0 Å². The highest BCUT2D eigenvalue weighted by atomic mass is 16.4. The van der Waals surface area contributed by atoms with E-state index in [1.807, 2.05) is 0 Å². The van der Waals surface area contributed by atoms with Gasteiger partial charge < -0.3 is 10.4 Å². The largest absolute Gasteiger partial charge is 0.481 e. The van der Waals surface area contributed by atoms with E-state index in [2.05, 4.69) is 11.9 Å². The molecule has 2 N–H and O–H groups in total. The van der Waals surface area contributed by atoms with Crippen LogP contribution >= 0.6 is 0 Å². The van der Waals surface area contributed by atoms with Crippen LogP contribution < -0.4 is 5.32 Å². The van der Waals surface area contributed by atoms with Crippen molar-refractivity contribution in [3.05, 3.63) is 12.2 Å². The number of carbonyl (C=O) groups excluding carboxylic acids is 1. The van der Waals surface area contributed by atoms with E-state index >= 15 is 0 Å². The summed E-state index contributed by atoms with van der Waals surface area (Å²) in [5, 5.41) is 11.0. The molecule has 0 aromatic rings. The smallest absolute Gasteiger partial charge is 0.303 e. The predicted octanol–water partition coefficient (Wildman–Crippen LogP) is 0.932. The molecule has 0 aliphatic carbocycles. The number of nitrogens with one attached hydrogen (secondary N) is 1. The van der Waals surface area contributed by atoms with E-state index in [0.29, 0.717) is 12.0 Å². The molecule has 1 unspecified atom stereocenters. The third-order valence-electron chi connectivity index (χ3n) is 1.56. The van der Waals surface area contributed by atoms with E-state index in [4.69, 9.17) is 5.11 Å². The molecule has 0 heterocycles. The standard InChI is InChI=1S/C9H15NO3/c1-6(2)9(13)10-7(3)4-5-8(11)12/h7H,1,4-5H2,2-3H3,(H,10,13)(H,11,12). The van der Waals surface area contributed by atoms with Gasteiger partial charge in [-0.05, 0) is 20.3 Å². The lowest BCUT2D eigenvalue weighted by molar-refractivity contribution is -0.137. The topological polar surface area (TPSA) is 66.4 Å². The van der Waals surface area contributed by atoms with Crippen LogP contribution in [-0.4, -0.2) is 23.0 Å². The van der Waals surface area contributed by atoms with Crippen LogP contribution in [0.4, 0.5) is 0 Å². The first-order valence-electron chi connectivity index (χ1n) is 4.11. The van der Waals surface area contributed by atoms with Gasteiger partial charge in [0.1, 0.15) is 0 Å². The zero-order chi connectivity index (χ0) is 10.4. The van der Waals surface area contributed by atoms with Crippen molar-refractivity contribution >= 4 is 11.9 Å². The normalized spacial score (nSPS) is 11.8. The van der Waals surface area contributed by atoms with Crippen molar-refractivity contribution < 1.29 is 14.7 Å². The fraction of sp³-hybridized carbons (Fsp3) is 0.556. The van der Waals surface area contributed by atoms with Crippen LogP contribution in [0.25, 0.3) is 0 Å². The molecule has 1 amide bonds. The van der Waals surface area contributed by atoms with Crippen molar-refractivity contribution in [3.8, 4) is 0 Å². The van der Waals surface area contributed by atoms with Crippen LogP contribution in [0.1, 0.15) is 26.7 Å². The van der Waals surface area contributed by atoms with Gasteiger partial charge in [0.05, 0.1) is 0 Å². The molecule has 0 radical (unpaired) electrons. The number of hydrogen-bond donors (Lipinski definition) is 2. The SMILES string of the molecule is C=C(C)C(=O)NC(C)CCC(=O)O. The molecule has 0 fully saturated rings. The number of carbonyl (C=O) groups is 2. The minimum Gasteiger partial charge on any atom is -0.481 e. The average molecular weight is 185 g/mol. The monoisotopic (exact) mass is 185 g/mol. The molecule has 13 heavy (non-hydrogen) atoms. The molecule has 4 heteroatoms. The lowest BCUT2D eigenvalue weighted by Crippen LogP contribution is -2.33. The summed E-state index contributed by atoms with van der Waals surface area (Å²) in [6.07, 6.45) is 0.506. The van der Waals surface area contributed by atoms with Gasteiger partial charge >= 0.3 is 5.97 Å². The molecule has 4 nitrogen and oxygen atoms in total. The van der Waals surface area contributed by atoms with Crippen LogP contribution in [0.5, 0.6) is 0 Å². The second-order valence-corrected chi connectivity index (χ2v) is 3.09. The van der Waals surface area contributed by atoms with E-state index in [0.717, 1.165) is 0 Å². The highest BCUT2D eigenvalue weighted by molar-refractivity contribution is 5.92. The van der Waals surface area contributed by atoms with E-state index < -0.39 is 5.97 Å². The van der Waals surface area contributed by atoms with Crippen molar-refractivity contribution in [2.75, 3.05) is 0 Å². The van der Waals surface area contributed by atoms with Gasteiger partial charge in [0, 0.05) is 18.0 Å². The number of carboxylic acid groups (broad SMARTS) is 1. The Bertz CT molecular complexity index is 223. The first-order chi connectivity index (χ1) is 5.93. The number of rotatable bonds is 5. The molecule has 0 rings (SSSR count). The predicted molar refractivity (Wildman–Crippen MR) is 49.3 cm³/mol. The first kappa shape index (κ1) is 11.7. The molecule has 0 bridgehead atoms. The molecule has 74 valence electrons. The summed E-state index contributed by atoms with van der Waals surface area (Å²) in [5.74, 6) is -1.07. The molecule has 0 aromatic carbocycles. The van der Waals surface area contributed by atoms with Gasteiger partial charge in [-0.3, -0.25) is 9.59 Å². The third kappa shape index (κ3) is 5.90. The van der Waals surface area contributed by atoms with E-state index in [1.165, 1.54) is 0 Å². The van der Waals surface area contributed by atoms with Crippen molar-refractivity contribution in [2.24, 2.45) is 0 Å². The maximum absolute atomic E-state index is 11.0. The summed E-state index contributed by atoms with van der Waals surface area (Å²) in [6.45, 7) is 6.85. The molecular formula is C9H15NO3. The Kier molecular flexibility index (Phi) is 4.80. The Labute approximate surface area is 77.6 Å². The van der Waals surface area contributed by atoms with Crippen molar-refractivity contribution in [2.45, 2.75) is 32.7 Å². The third-order valence-corrected chi connectivity index (χ3v) is 1.56. The number of aliphatic carboxylic acids is 1. The summed E-state index contributed by atoms with van der Waals surface area (Å²) >= 11 is 0. The van der Waals surface area contributed by atoms with Gasteiger partial charge in [0.15, 0.2) is 0 Å². The molecular weight excluding hydrogens is 170 g/mol. The average Bonchev–Trinajstić information content (AvgIpc) is 2.00. The summed E-state index contributed by atoms with van der Waals surface area (Å²) in [7, 11) is 0. The minimum absolute atomic E-state index is 0.0671. The van der Waals surface area contributed by atoms with E-state index in [-0.39, 0.29) is 18.4 Å². The number of carboxylic acids is 1. The highest BCUT2D eigenvalue weighted by Crippen LogP contribution is 1.97. The highest BCUT2D eigenvalue weighted by Gasteiger charge is 2.08. The molecule has 0 aliphatic heterocycles. The molecule has 0 aliphatic rings. The summed E-state index contributed by atoms with van der Waals surface area (Å²) in [4.78, 5) is 21.2. The van der Waals surface area contributed by atoms with Gasteiger partial charge in [0.2, 0.25) is 5.91 Å². The molecule has 0 aromatic heterocycles. The Morgan fingerprint density at radius 1 is 1.54 bits per heavy atom. The minimum atomic E-state index is -0.851. The second kappa shape index (κ2) is 5.35. The summed E-state index contributed by atoms with van der Waals surface area (Å²) in [6, 6.07) is -0.125. The van der Waals surface area contributed by atoms with Gasteiger partial charge in [-0.15, -0.1) is 0 Å². The molecule has 1 atom stereocenters. The van der Waals surface area contributed by atoms with Crippen LogP contribution in [-0.2, 0) is 9.59 Å². The maximum Gasteiger partial charge on any atom is 0.303 e. The van der Waals surface area contributed by atoms with Crippen LogP contribution in [0.2, 0.25) is 0 Å². The first-order valence-corrected chi connectivity index (χ1v) is 4.11. The molecule has 0 saturated carbocycles. The van der Waals surface area contributed by atoms with E-state index in [1.54, 1.807) is 13.8 Å². The lowest BCUT2D eigenvalue weighted by Gasteiger charge is -2.12. The van der Waals surface area contributed by atoms with Crippen molar-refractivity contribution in [1.29, 1.82) is 0 Å². The summed E-state index contributed by atoms with van der Waals surface area (Å²) in [5.41, 5.74) is 0.433. The number of amides is 1. The Morgan fingerprint density at radius 2 is 2.08 bits per heavy atom. The van der Waals surface area contributed by atoms with E-state index in [9.17, 15) is 9.59 Å². The van der Waals surface area contributed by atoms with Crippen molar-refractivity contribution in [3.63, 3.8) is 0 Å². The van der Waals surface area contributed by atoms with Gasteiger partial charge in [-0.25, -0.2) is 0 Å². The fourth-order valence-corrected chi connectivity index (χ4v) is 0.759. The van der Waals surface area contributed by atoms with Gasteiger partial charge in [0.25, 0.3) is 0 Å². The fourth-order valence-electron chi connectivity index (χ4n) is 0.759. The van der Waals surface area contributed by atoms with Crippen molar-refractivity contribution in [1.82, 2.24) is 5.32 Å². The molecule has 0 spiro atoms. The Hall–Kier alpha value is -1.32. The maximum atomic E-state index is 11.0. The zero-order valence-electron chi connectivity index (χ0n) is 7.96. The van der Waals surface area contributed by atoms with Crippen LogP contribution in [0.15, 0.2) is 12.2 Å². The van der Waals surface area contributed by atoms with Crippen LogP contribution in [0, 0.1) is 0 Å². The Balaban J connectivity index is 3.74. The second-order valence-electron chi connectivity index (χ2n) is 3.09. The Morgan fingerprint density at radius 3 is 2.46 bits per heavy atom.